The van der Waals surface area contributed by atoms with E-state index in [0.29, 0.717) is 0 Å². The van der Waals surface area contributed by atoms with Gasteiger partial charge in [-0.05, 0) is 30.5 Å². The number of carbonyl (C=O) groups is 1. The van der Waals surface area contributed by atoms with Gasteiger partial charge in [-0.3, -0.25) is 4.79 Å². The van der Waals surface area contributed by atoms with Crippen LogP contribution in [0.5, 0.6) is 0 Å². The monoisotopic (exact) mass is 257 g/mol. The van der Waals surface area contributed by atoms with Gasteiger partial charge in [-0.25, -0.2) is 0 Å². The van der Waals surface area contributed by atoms with Crippen molar-refractivity contribution < 1.29 is 4.79 Å². The minimum Gasteiger partial charge on any atom is -0.357 e. The number of nitriles is 1. The summed E-state index contributed by atoms with van der Waals surface area (Å²) >= 11 is 0. The summed E-state index contributed by atoms with van der Waals surface area (Å²) < 4.78 is 1.89. The fourth-order valence-corrected chi connectivity index (χ4v) is 2.44. The van der Waals surface area contributed by atoms with Crippen molar-refractivity contribution in [1.29, 1.82) is 5.26 Å². The van der Waals surface area contributed by atoms with Crippen LogP contribution >= 0.6 is 0 Å². The summed E-state index contributed by atoms with van der Waals surface area (Å²) in [5.41, 5.74) is 1.05. The fraction of sp³-hybridized carbons (Fsp3) is 0.467. The summed E-state index contributed by atoms with van der Waals surface area (Å²) in [7, 11) is 1.91. The van der Waals surface area contributed by atoms with Gasteiger partial charge in [0.1, 0.15) is 11.6 Å². The second-order valence-corrected chi connectivity index (χ2v) is 5.09. The second-order valence-electron chi connectivity index (χ2n) is 5.09. The molecule has 0 atom stereocenters. The molecule has 1 fully saturated rings. The van der Waals surface area contributed by atoms with Gasteiger partial charge in [0, 0.05) is 25.5 Å². The Morgan fingerprint density at radius 1 is 1.47 bits per heavy atom. The Balaban J connectivity index is 2.02. The van der Waals surface area contributed by atoms with Crippen molar-refractivity contribution in [3.8, 4) is 6.07 Å². The maximum Gasteiger partial charge on any atom is 0.262 e. The number of aryl methyl sites for hydroxylation is 1. The molecule has 100 valence electrons. The van der Waals surface area contributed by atoms with Gasteiger partial charge in [0.05, 0.1) is 0 Å². The highest BCUT2D eigenvalue weighted by Gasteiger charge is 2.17. The van der Waals surface area contributed by atoms with E-state index in [1.807, 2.05) is 36.1 Å². The molecule has 0 saturated heterocycles. The van der Waals surface area contributed by atoms with Crippen LogP contribution in [0.1, 0.15) is 37.7 Å². The minimum atomic E-state index is -0.252. The zero-order valence-electron chi connectivity index (χ0n) is 11.2. The van der Waals surface area contributed by atoms with Crippen molar-refractivity contribution in [2.75, 3.05) is 0 Å². The number of hydrogen-bond acceptors (Lipinski definition) is 2. The Labute approximate surface area is 113 Å². The molecule has 1 saturated carbocycles. The molecule has 1 heterocycles. The lowest BCUT2D eigenvalue weighted by atomic mass is 9.95. The third kappa shape index (κ3) is 3.72. The summed E-state index contributed by atoms with van der Waals surface area (Å²) in [6.45, 7) is 0. The summed E-state index contributed by atoms with van der Waals surface area (Å²) in [4.78, 5) is 12.0. The predicted octanol–water partition coefficient (Wildman–Crippen LogP) is 2.38. The maximum atomic E-state index is 12.0. The molecule has 1 amide bonds. The standard InChI is InChI=1S/C15H19N3O/c1-18-8-7-12(11-18)9-13(10-16)15(19)17-14-5-3-2-4-6-14/h7-9,11,14H,2-6H2,1H3,(H,17,19)/b13-9+. The van der Waals surface area contributed by atoms with Crippen LogP contribution in [0.3, 0.4) is 0 Å². The molecule has 0 aromatic carbocycles. The highest BCUT2D eigenvalue weighted by molar-refractivity contribution is 6.01. The van der Waals surface area contributed by atoms with Crippen LogP contribution in [0.2, 0.25) is 0 Å². The molecule has 19 heavy (non-hydrogen) atoms. The molecule has 0 aliphatic heterocycles. The molecule has 1 aromatic rings. The average molecular weight is 257 g/mol. The molecule has 1 aliphatic carbocycles. The fourth-order valence-electron chi connectivity index (χ4n) is 2.44. The third-order valence-corrected chi connectivity index (χ3v) is 3.47. The van der Waals surface area contributed by atoms with Crippen LogP contribution in [0.15, 0.2) is 24.0 Å². The Morgan fingerprint density at radius 3 is 2.79 bits per heavy atom. The van der Waals surface area contributed by atoms with Crippen molar-refractivity contribution in [1.82, 2.24) is 9.88 Å². The number of rotatable bonds is 3. The first-order valence-corrected chi connectivity index (χ1v) is 6.73. The number of aromatic nitrogens is 1. The first kappa shape index (κ1) is 13.4. The molecule has 4 heteroatoms. The minimum absolute atomic E-state index is 0.178. The molecular weight excluding hydrogens is 238 g/mol. The molecule has 0 spiro atoms. The zero-order chi connectivity index (χ0) is 13.7. The van der Waals surface area contributed by atoms with Gasteiger partial charge in [0.2, 0.25) is 0 Å². The van der Waals surface area contributed by atoms with E-state index in [1.54, 1.807) is 6.08 Å². The maximum absolute atomic E-state index is 12.0. The summed E-state index contributed by atoms with van der Waals surface area (Å²) in [5, 5.41) is 12.1. The topological polar surface area (TPSA) is 57.8 Å². The zero-order valence-corrected chi connectivity index (χ0v) is 11.2. The van der Waals surface area contributed by atoms with E-state index in [1.165, 1.54) is 6.42 Å². The van der Waals surface area contributed by atoms with Gasteiger partial charge in [0.25, 0.3) is 5.91 Å². The Bertz CT molecular complexity index is 516. The molecule has 2 rings (SSSR count). The van der Waals surface area contributed by atoms with Gasteiger partial charge in [-0.15, -0.1) is 0 Å². The number of hydrogen-bond donors (Lipinski definition) is 1. The van der Waals surface area contributed by atoms with E-state index >= 15 is 0 Å². The first-order valence-electron chi connectivity index (χ1n) is 6.73. The molecular formula is C15H19N3O. The molecule has 0 bridgehead atoms. The molecule has 4 nitrogen and oxygen atoms in total. The van der Waals surface area contributed by atoms with E-state index in [-0.39, 0.29) is 17.5 Å². The largest absolute Gasteiger partial charge is 0.357 e. The van der Waals surface area contributed by atoms with Crippen molar-refractivity contribution in [2.45, 2.75) is 38.1 Å². The van der Waals surface area contributed by atoms with Crippen LogP contribution in [0.4, 0.5) is 0 Å². The van der Waals surface area contributed by atoms with Crippen LogP contribution in [0.25, 0.3) is 6.08 Å². The van der Waals surface area contributed by atoms with Crippen molar-refractivity contribution in [2.24, 2.45) is 7.05 Å². The highest BCUT2D eigenvalue weighted by Crippen LogP contribution is 2.18. The summed E-state index contributed by atoms with van der Waals surface area (Å²) in [6, 6.07) is 4.10. The number of amides is 1. The van der Waals surface area contributed by atoms with Crippen molar-refractivity contribution in [3.63, 3.8) is 0 Å². The van der Waals surface area contributed by atoms with Gasteiger partial charge >= 0.3 is 0 Å². The van der Waals surface area contributed by atoms with Gasteiger partial charge in [0.15, 0.2) is 0 Å². The normalized spacial score (nSPS) is 16.9. The number of carbonyl (C=O) groups excluding carboxylic acids is 1. The highest BCUT2D eigenvalue weighted by atomic mass is 16.1. The molecule has 0 radical (unpaired) electrons. The first-order chi connectivity index (χ1) is 9.19. The van der Waals surface area contributed by atoms with Gasteiger partial charge in [-0.1, -0.05) is 19.3 Å². The SMILES string of the molecule is Cn1ccc(/C=C(\C#N)C(=O)NC2CCCCC2)c1. The summed E-state index contributed by atoms with van der Waals surface area (Å²) in [5.74, 6) is -0.252. The lowest BCUT2D eigenvalue weighted by Gasteiger charge is -2.22. The third-order valence-electron chi connectivity index (χ3n) is 3.47. The van der Waals surface area contributed by atoms with Crippen molar-refractivity contribution >= 4 is 12.0 Å². The molecule has 1 aliphatic rings. The van der Waals surface area contributed by atoms with E-state index in [4.69, 9.17) is 5.26 Å². The second kappa shape index (κ2) is 6.24. The lowest BCUT2D eigenvalue weighted by molar-refractivity contribution is -0.117. The van der Waals surface area contributed by atoms with E-state index in [2.05, 4.69) is 5.32 Å². The van der Waals surface area contributed by atoms with Gasteiger partial charge in [-0.2, -0.15) is 5.26 Å². The van der Waals surface area contributed by atoms with Crippen LogP contribution in [0, 0.1) is 11.3 Å². The van der Waals surface area contributed by atoms with Crippen molar-refractivity contribution in [3.05, 3.63) is 29.6 Å². The molecule has 1 N–H and O–H groups in total. The lowest BCUT2D eigenvalue weighted by Crippen LogP contribution is -2.36. The number of nitrogens with one attached hydrogen (secondary N) is 1. The Morgan fingerprint density at radius 2 is 2.21 bits per heavy atom. The average Bonchev–Trinajstić information content (AvgIpc) is 2.82. The van der Waals surface area contributed by atoms with Crippen LogP contribution < -0.4 is 5.32 Å². The summed E-state index contributed by atoms with van der Waals surface area (Å²) in [6.07, 6.45) is 11.0. The smallest absolute Gasteiger partial charge is 0.262 e. The van der Waals surface area contributed by atoms with E-state index in [0.717, 1.165) is 31.2 Å². The molecule has 0 unspecified atom stereocenters. The number of nitrogens with zero attached hydrogens (tertiary/aromatic N) is 2. The molecule has 1 aromatic heterocycles. The van der Waals surface area contributed by atoms with Gasteiger partial charge < -0.3 is 9.88 Å². The predicted molar refractivity (Wildman–Crippen MR) is 74.0 cm³/mol. The quantitative estimate of drug-likeness (QED) is 0.667. The Kier molecular flexibility index (Phi) is 4.40. The van der Waals surface area contributed by atoms with E-state index < -0.39 is 0 Å². The Hall–Kier alpha value is -2.02. The van der Waals surface area contributed by atoms with Crippen LogP contribution in [-0.4, -0.2) is 16.5 Å². The van der Waals surface area contributed by atoms with E-state index in [9.17, 15) is 4.79 Å². The van der Waals surface area contributed by atoms with Crippen LogP contribution in [-0.2, 0) is 11.8 Å².